The van der Waals surface area contributed by atoms with E-state index in [0.717, 1.165) is 34.3 Å². The molecule has 0 bridgehead atoms. The number of hydrogen-bond acceptors (Lipinski definition) is 3. The minimum absolute atomic E-state index is 0.00261. The molecule has 3 rings (SSSR count). The van der Waals surface area contributed by atoms with Crippen LogP contribution in [0.1, 0.15) is 25.3 Å². The van der Waals surface area contributed by atoms with E-state index in [0.29, 0.717) is 12.0 Å². The van der Waals surface area contributed by atoms with Crippen molar-refractivity contribution in [2.24, 2.45) is 0 Å². The number of fused-ring (bicyclic) bond motifs is 1. The Morgan fingerprint density at radius 2 is 2.09 bits per heavy atom. The van der Waals surface area contributed by atoms with Crippen molar-refractivity contribution in [3.05, 3.63) is 48.3 Å². The molecule has 5 nitrogen and oxygen atoms in total. The summed E-state index contributed by atoms with van der Waals surface area (Å²) in [5.74, 6) is -0.00261. The molecular weight excluding hydrogens is 288 g/mol. The molecule has 0 unspecified atom stereocenters. The largest absolute Gasteiger partial charge is 0.344 e. The molecule has 23 heavy (non-hydrogen) atoms. The summed E-state index contributed by atoms with van der Waals surface area (Å²) >= 11 is 0. The first-order valence-corrected chi connectivity index (χ1v) is 7.48. The second-order valence-electron chi connectivity index (χ2n) is 5.31. The van der Waals surface area contributed by atoms with Crippen LogP contribution >= 0.6 is 0 Å². The summed E-state index contributed by atoms with van der Waals surface area (Å²) in [6.45, 7) is 1.97. The number of H-pyrrole nitrogens is 1. The van der Waals surface area contributed by atoms with Crippen molar-refractivity contribution >= 4 is 22.6 Å². The van der Waals surface area contributed by atoms with Gasteiger partial charge < -0.3 is 10.3 Å². The van der Waals surface area contributed by atoms with Crippen LogP contribution in [0.5, 0.6) is 0 Å². The van der Waals surface area contributed by atoms with E-state index in [1.165, 1.54) is 0 Å². The van der Waals surface area contributed by atoms with E-state index in [1.54, 1.807) is 24.5 Å². The van der Waals surface area contributed by atoms with Gasteiger partial charge in [0.1, 0.15) is 5.65 Å². The Morgan fingerprint density at radius 1 is 1.30 bits per heavy atom. The van der Waals surface area contributed by atoms with Crippen LogP contribution in [0, 0.1) is 11.3 Å². The number of amides is 1. The number of rotatable bonds is 4. The Morgan fingerprint density at radius 3 is 2.78 bits per heavy atom. The van der Waals surface area contributed by atoms with Crippen LogP contribution in [0.15, 0.2) is 42.7 Å². The van der Waals surface area contributed by atoms with Crippen LogP contribution in [-0.2, 0) is 4.79 Å². The monoisotopic (exact) mass is 304 g/mol. The van der Waals surface area contributed by atoms with E-state index in [4.69, 9.17) is 5.26 Å². The van der Waals surface area contributed by atoms with Gasteiger partial charge in [0.25, 0.3) is 0 Å². The molecule has 0 saturated heterocycles. The van der Waals surface area contributed by atoms with Crippen molar-refractivity contribution in [3.8, 4) is 17.2 Å². The molecule has 0 aliphatic rings. The lowest BCUT2D eigenvalue weighted by Crippen LogP contribution is -2.10. The number of carbonyl (C=O) groups excluding carboxylic acids is 1. The number of nitrogens with one attached hydrogen (secondary N) is 2. The highest BCUT2D eigenvalue weighted by molar-refractivity contribution is 6.01. The zero-order chi connectivity index (χ0) is 16.2. The normalized spacial score (nSPS) is 10.4. The van der Waals surface area contributed by atoms with Gasteiger partial charge in [0.15, 0.2) is 0 Å². The van der Waals surface area contributed by atoms with E-state index >= 15 is 0 Å². The number of anilines is 1. The average molecular weight is 304 g/mol. The van der Waals surface area contributed by atoms with Crippen molar-refractivity contribution in [2.75, 3.05) is 5.32 Å². The molecule has 5 heteroatoms. The molecule has 0 atom stereocenters. The summed E-state index contributed by atoms with van der Waals surface area (Å²) in [6, 6.07) is 11.4. The third-order valence-electron chi connectivity index (χ3n) is 3.63. The minimum Gasteiger partial charge on any atom is -0.344 e. The molecule has 0 fully saturated rings. The molecule has 2 aromatic heterocycles. The van der Waals surface area contributed by atoms with Gasteiger partial charge in [-0.3, -0.25) is 4.79 Å². The maximum Gasteiger partial charge on any atom is 0.224 e. The topological polar surface area (TPSA) is 81.6 Å². The van der Waals surface area contributed by atoms with E-state index in [-0.39, 0.29) is 5.91 Å². The van der Waals surface area contributed by atoms with Crippen molar-refractivity contribution in [2.45, 2.75) is 19.8 Å². The number of hydrogen-bond donors (Lipinski definition) is 2. The summed E-state index contributed by atoms with van der Waals surface area (Å²) in [5, 5.41) is 12.7. The molecule has 2 heterocycles. The van der Waals surface area contributed by atoms with E-state index < -0.39 is 0 Å². The number of nitriles is 1. The molecule has 2 N–H and O–H groups in total. The fourth-order valence-electron chi connectivity index (χ4n) is 2.44. The minimum atomic E-state index is -0.00261. The Hall–Kier alpha value is -3.13. The lowest BCUT2D eigenvalue weighted by Gasteiger charge is -2.04. The van der Waals surface area contributed by atoms with Crippen LogP contribution in [-0.4, -0.2) is 15.9 Å². The highest BCUT2D eigenvalue weighted by atomic mass is 16.1. The molecule has 0 radical (unpaired) electrons. The maximum atomic E-state index is 11.8. The number of nitrogens with zero attached hydrogens (tertiary/aromatic N) is 2. The predicted molar refractivity (Wildman–Crippen MR) is 89.8 cm³/mol. The Labute approximate surface area is 134 Å². The molecule has 0 saturated carbocycles. The highest BCUT2D eigenvalue weighted by Crippen LogP contribution is 2.27. The summed E-state index contributed by atoms with van der Waals surface area (Å²) in [6.07, 6.45) is 4.84. The van der Waals surface area contributed by atoms with Crippen LogP contribution < -0.4 is 5.32 Å². The van der Waals surface area contributed by atoms with Crippen molar-refractivity contribution in [1.82, 2.24) is 9.97 Å². The molecule has 0 aliphatic heterocycles. The Balaban J connectivity index is 1.96. The third-order valence-corrected chi connectivity index (χ3v) is 3.63. The van der Waals surface area contributed by atoms with Gasteiger partial charge in [-0.25, -0.2) is 4.98 Å². The number of aromatic nitrogens is 2. The standard InChI is InChI=1S/C18H16N4O/c1-2-3-17(23)22-16-11-21-18-15(16)8-14(10-20-18)13-6-4-12(9-19)5-7-13/h4-8,10-11H,2-3H2,1H3,(H,20,21)(H,22,23). The maximum absolute atomic E-state index is 11.8. The Bertz CT molecular complexity index is 888. The van der Waals surface area contributed by atoms with Crippen LogP contribution in [0.25, 0.3) is 22.2 Å². The zero-order valence-corrected chi connectivity index (χ0v) is 12.8. The van der Waals surface area contributed by atoms with E-state index in [1.807, 2.05) is 25.1 Å². The van der Waals surface area contributed by atoms with Gasteiger partial charge in [-0.2, -0.15) is 5.26 Å². The van der Waals surface area contributed by atoms with Crippen LogP contribution in [0.2, 0.25) is 0 Å². The van der Waals surface area contributed by atoms with Gasteiger partial charge in [-0.05, 0) is 30.2 Å². The second kappa shape index (κ2) is 6.32. The fraction of sp³-hybridized carbons (Fsp3) is 0.167. The van der Waals surface area contributed by atoms with Gasteiger partial charge in [-0.1, -0.05) is 19.1 Å². The molecule has 1 amide bonds. The predicted octanol–water partition coefficient (Wildman–Crippen LogP) is 3.84. The summed E-state index contributed by atoms with van der Waals surface area (Å²) < 4.78 is 0. The fourth-order valence-corrected chi connectivity index (χ4v) is 2.44. The zero-order valence-electron chi connectivity index (χ0n) is 12.8. The first kappa shape index (κ1) is 14.8. The van der Waals surface area contributed by atoms with Gasteiger partial charge in [0.05, 0.1) is 17.3 Å². The smallest absolute Gasteiger partial charge is 0.224 e. The highest BCUT2D eigenvalue weighted by Gasteiger charge is 2.09. The van der Waals surface area contributed by atoms with Crippen molar-refractivity contribution in [3.63, 3.8) is 0 Å². The lowest BCUT2D eigenvalue weighted by molar-refractivity contribution is -0.116. The van der Waals surface area contributed by atoms with Gasteiger partial charge in [0.2, 0.25) is 5.91 Å². The second-order valence-corrected chi connectivity index (χ2v) is 5.31. The Kier molecular flexibility index (Phi) is 4.07. The van der Waals surface area contributed by atoms with Gasteiger partial charge >= 0.3 is 0 Å². The number of benzene rings is 1. The molecule has 114 valence electrons. The molecule has 0 spiro atoms. The van der Waals surface area contributed by atoms with E-state index in [9.17, 15) is 4.79 Å². The summed E-state index contributed by atoms with van der Waals surface area (Å²) in [5.41, 5.74) is 4.01. The third kappa shape index (κ3) is 3.06. The molecule has 0 aliphatic carbocycles. The SMILES string of the molecule is CCCC(=O)Nc1c[nH]c2ncc(-c3ccc(C#N)cc3)cc12. The quantitative estimate of drug-likeness (QED) is 0.768. The van der Waals surface area contributed by atoms with Gasteiger partial charge in [-0.15, -0.1) is 0 Å². The number of aromatic amines is 1. The lowest BCUT2D eigenvalue weighted by atomic mass is 10.0. The first-order valence-electron chi connectivity index (χ1n) is 7.48. The summed E-state index contributed by atoms with van der Waals surface area (Å²) in [4.78, 5) is 19.3. The number of pyridine rings is 1. The van der Waals surface area contributed by atoms with Crippen molar-refractivity contribution < 1.29 is 4.79 Å². The van der Waals surface area contributed by atoms with Crippen molar-refractivity contribution in [1.29, 1.82) is 5.26 Å². The van der Waals surface area contributed by atoms with Crippen LogP contribution in [0.3, 0.4) is 0 Å². The average Bonchev–Trinajstić information content (AvgIpc) is 2.97. The van der Waals surface area contributed by atoms with Crippen LogP contribution in [0.4, 0.5) is 5.69 Å². The number of carbonyl (C=O) groups is 1. The van der Waals surface area contributed by atoms with E-state index in [2.05, 4.69) is 21.4 Å². The molecule has 3 aromatic rings. The molecule has 1 aromatic carbocycles. The van der Waals surface area contributed by atoms with Gasteiger partial charge in [0, 0.05) is 29.8 Å². The summed E-state index contributed by atoms with van der Waals surface area (Å²) in [7, 11) is 0. The first-order chi connectivity index (χ1) is 11.2. The molecular formula is C18H16N4O.